The lowest BCUT2D eigenvalue weighted by atomic mass is 10.2. The number of hydrogen-bond acceptors (Lipinski definition) is 1. The van der Waals surface area contributed by atoms with Crippen LogP contribution in [0.3, 0.4) is 0 Å². The molecule has 1 aliphatic heterocycles. The first-order chi connectivity index (χ1) is 3.77. The number of rotatable bonds is 2. The van der Waals surface area contributed by atoms with Crippen LogP contribution < -0.4 is 0 Å². The van der Waals surface area contributed by atoms with Gasteiger partial charge in [-0.3, -0.25) is 4.90 Å². The Bertz CT molecular complexity index is 72.5. The molecule has 0 N–H and O–H groups in total. The van der Waals surface area contributed by atoms with E-state index in [0.29, 0.717) is 0 Å². The van der Waals surface area contributed by atoms with E-state index in [2.05, 4.69) is 25.8 Å². The van der Waals surface area contributed by atoms with Gasteiger partial charge >= 0.3 is 0 Å². The standard InChI is InChI=1S/C7H15N/c1-4-5-7-6(2)8(7)3/h6-7H,4-5H2,1-3H3. The van der Waals surface area contributed by atoms with Gasteiger partial charge in [0.2, 0.25) is 0 Å². The zero-order valence-electron chi connectivity index (χ0n) is 6.02. The second-order valence-corrected chi connectivity index (χ2v) is 2.76. The summed E-state index contributed by atoms with van der Waals surface area (Å²) in [4.78, 5) is 2.42. The Labute approximate surface area is 51.7 Å². The summed E-state index contributed by atoms with van der Waals surface area (Å²) in [6, 6.07) is 1.79. The van der Waals surface area contributed by atoms with Gasteiger partial charge in [0.15, 0.2) is 0 Å². The topological polar surface area (TPSA) is 3.01 Å². The van der Waals surface area contributed by atoms with Crippen LogP contribution >= 0.6 is 0 Å². The van der Waals surface area contributed by atoms with E-state index >= 15 is 0 Å². The van der Waals surface area contributed by atoms with Crippen molar-refractivity contribution in [1.29, 1.82) is 0 Å². The van der Waals surface area contributed by atoms with Crippen LogP contribution in [0.4, 0.5) is 0 Å². The van der Waals surface area contributed by atoms with Gasteiger partial charge in [-0.15, -0.1) is 0 Å². The fourth-order valence-corrected chi connectivity index (χ4v) is 1.31. The van der Waals surface area contributed by atoms with Crippen molar-refractivity contribution in [1.82, 2.24) is 4.90 Å². The summed E-state index contributed by atoms with van der Waals surface area (Å²) in [5.74, 6) is 0. The highest BCUT2D eigenvalue weighted by atomic mass is 15.3. The minimum Gasteiger partial charge on any atom is -0.298 e. The molecule has 0 spiro atoms. The Kier molecular flexibility index (Phi) is 1.57. The molecule has 3 atom stereocenters. The third kappa shape index (κ3) is 0.873. The van der Waals surface area contributed by atoms with Crippen molar-refractivity contribution in [2.45, 2.75) is 38.8 Å². The molecule has 0 saturated carbocycles. The van der Waals surface area contributed by atoms with E-state index in [1.165, 1.54) is 12.8 Å². The van der Waals surface area contributed by atoms with Crippen LogP contribution in [0.15, 0.2) is 0 Å². The molecular weight excluding hydrogens is 98.1 g/mol. The van der Waals surface area contributed by atoms with E-state index in [1.54, 1.807) is 0 Å². The maximum absolute atomic E-state index is 2.42. The lowest BCUT2D eigenvalue weighted by molar-refractivity contribution is 0.568. The quantitative estimate of drug-likeness (QED) is 0.490. The second-order valence-electron chi connectivity index (χ2n) is 2.76. The van der Waals surface area contributed by atoms with Crippen molar-refractivity contribution in [2.75, 3.05) is 7.05 Å². The molecule has 0 radical (unpaired) electrons. The molecule has 1 saturated heterocycles. The zero-order chi connectivity index (χ0) is 6.15. The Morgan fingerprint density at radius 1 is 1.50 bits per heavy atom. The number of hydrogen-bond donors (Lipinski definition) is 0. The summed E-state index contributed by atoms with van der Waals surface area (Å²) in [6.07, 6.45) is 2.72. The monoisotopic (exact) mass is 113 g/mol. The molecule has 1 heteroatoms. The van der Waals surface area contributed by atoms with Gasteiger partial charge in [-0.1, -0.05) is 13.3 Å². The summed E-state index contributed by atoms with van der Waals surface area (Å²) < 4.78 is 0. The smallest absolute Gasteiger partial charge is 0.0249 e. The summed E-state index contributed by atoms with van der Waals surface area (Å²) >= 11 is 0. The van der Waals surface area contributed by atoms with E-state index in [0.717, 1.165) is 12.1 Å². The average Bonchev–Trinajstić information content (AvgIpc) is 2.25. The zero-order valence-corrected chi connectivity index (χ0v) is 6.02. The minimum atomic E-state index is 0.870. The van der Waals surface area contributed by atoms with Crippen molar-refractivity contribution < 1.29 is 0 Å². The van der Waals surface area contributed by atoms with Crippen LogP contribution in [0.1, 0.15) is 26.7 Å². The first-order valence-corrected chi connectivity index (χ1v) is 3.49. The number of nitrogens with zero attached hydrogens (tertiary/aromatic N) is 1. The SMILES string of the molecule is CCCC1C(C)N1C. The van der Waals surface area contributed by atoms with Crippen LogP contribution in [0.5, 0.6) is 0 Å². The molecule has 8 heavy (non-hydrogen) atoms. The second kappa shape index (κ2) is 2.06. The highest BCUT2D eigenvalue weighted by Gasteiger charge is 2.38. The number of likely N-dealkylation sites (N-methyl/N-ethyl adjacent to an activating group) is 1. The van der Waals surface area contributed by atoms with Gasteiger partial charge in [0.25, 0.3) is 0 Å². The van der Waals surface area contributed by atoms with E-state index in [1.807, 2.05) is 0 Å². The van der Waals surface area contributed by atoms with Crippen molar-refractivity contribution >= 4 is 0 Å². The minimum absolute atomic E-state index is 0.870. The van der Waals surface area contributed by atoms with Gasteiger partial charge in [-0.2, -0.15) is 0 Å². The van der Waals surface area contributed by atoms with Crippen LogP contribution in [0, 0.1) is 0 Å². The molecule has 0 amide bonds. The van der Waals surface area contributed by atoms with Crippen LogP contribution in [0.2, 0.25) is 0 Å². The molecule has 0 bridgehead atoms. The highest BCUT2D eigenvalue weighted by Crippen LogP contribution is 2.28. The van der Waals surface area contributed by atoms with E-state index < -0.39 is 0 Å². The first-order valence-electron chi connectivity index (χ1n) is 3.49. The van der Waals surface area contributed by atoms with Crippen molar-refractivity contribution in [3.63, 3.8) is 0 Å². The Morgan fingerprint density at radius 2 is 2.00 bits per heavy atom. The molecule has 1 rings (SSSR count). The Hall–Kier alpha value is -0.0400. The maximum Gasteiger partial charge on any atom is 0.0249 e. The molecule has 1 aliphatic rings. The summed E-state index contributed by atoms with van der Waals surface area (Å²) in [5, 5.41) is 0. The van der Waals surface area contributed by atoms with E-state index in [9.17, 15) is 0 Å². The summed E-state index contributed by atoms with van der Waals surface area (Å²) in [6.45, 7) is 4.54. The fraction of sp³-hybridized carbons (Fsp3) is 1.00. The third-order valence-electron chi connectivity index (χ3n) is 2.22. The summed E-state index contributed by atoms with van der Waals surface area (Å²) in [5.41, 5.74) is 0. The first kappa shape index (κ1) is 6.09. The van der Waals surface area contributed by atoms with E-state index in [4.69, 9.17) is 0 Å². The molecule has 0 aromatic rings. The lowest BCUT2D eigenvalue weighted by Gasteiger charge is -1.88. The Morgan fingerprint density at radius 3 is 2.12 bits per heavy atom. The van der Waals surface area contributed by atoms with E-state index in [-0.39, 0.29) is 0 Å². The molecule has 0 aromatic carbocycles. The lowest BCUT2D eigenvalue weighted by Crippen LogP contribution is -1.91. The van der Waals surface area contributed by atoms with Gasteiger partial charge in [0.1, 0.15) is 0 Å². The normalized spacial score (nSPS) is 44.6. The Balaban J connectivity index is 2.13. The predicted octanol–water partition coefficient (Wildman–Crippen LogP) is 1.49. The van der Waals surface area contributed by atoms with Crippen molar-refractivity contribution in [3.05, 3.63) is 0 Å². The molecule has 1 fully saturated rings. The van der Waals surface area contributed by atoms with Crippen LogP contribution in [-0.2, 0) is 0 Å². The molecule has 1 nitrogen and oxygen atoms in total. The molecular formula is C7H15N. The van der Waals surface area contributed by atoms with Gasteiger partial charge in [0.05, 0.1) is 0 Å². The van der Waals surface area contributed by atoms with Crippen LogP contribution in [-0.4, -0.2) is 24.0 Å². The molecule has 0 aromatic heterocycles. The highest BCUT2D eigenvalue weighted by molar-refractivity contribution is 4.95. The van der Waals surface area contributed by atoms with Gasteiger partial charge in [0, 0.05) is 12.1 Å². The molecule has 1 heterocycles. The molecule has 48 valence electrons. The van der Waals surface area contributed by atoms with Gasteiger partial charge in [-0.05, 0) is 20.4 Å². The largest absolute Gasteiger partial charge is 0.298 e. The maximum atomic E-state index is 2.42. The van der Waals surface area contributed by atoms with Gasteiger partial charge < -0.3 is 0 Å². The van der Waals surface area contributed by atoms with Crippen molar-refractivity contribution in [2.24, 2.45) is 0 Å². The van der Waals surface area contributed by atoms with Gasteiger partial charge in [-0.25, -0.2) is 0 Å². The third-order valence-corrected chi connectivity index (χ3v) is 2.22. The fourth-order valence-electron chi connectivity index (χ4n) is 1.31. The molecule has 3 unspecified atom stereocenters. The molecule has 0 aliphatic carbocycles. The predicted molar refractivity (Wildman–Crippen MR) is 35.9 cm³/mol. The van der Waals surface area contributed by atoms with Crippen molar-refractivity contribution in [3.8, 4) is 0 Å². The van der Waals surface area contributed by atoms with Crippen LogP contribution in [0.25, 0.3) is 0 Å². The average molecular weight is 113 g/mol. The summed E-state index contributed by atoms with van der Waals surface area (Å²) in [7, 11) is 2.20.